The number of anilines is 1. The minimum Gasteiger partial charge on any atom is -0.456 e. The number of amides is 1. The fourth-order valence-corrected chi connectivity index (χ4v) is 2.71. The van der Waals surface area contributed by atoms with E-state index in [0.717, 1.165) is 5.56 Å². The number of nitrogens with one attached hydrogen (secondary N) is 1. The van der Waals surface area contributed by atoms with Crippen LogP contribution in [0.2, 0.25) is 0 Å². The van der Waals surface area contributed by atoms with Gasteiger partial charge in [0.25, 0.3) is 0 Å². The molecule has 2 aromatic carbocycles. The number of fused-ring (bicyclic) bond motifs is 1. The van der Waals surface area contributed by atoms with Crippen molar-refractivity contribution in [1.82, 2.24) is 0 Å². The fraction of sp³-hybridized carbons (Fsp3) is 0.238. The number of benzene rings is 2. The largest absolute Gasteiger partial charge is 0.456 e. The van der Waals surface area contributed by atoms with Gasteiger partial charge < -0.3 is 9.73 Å². The molecule has 1 heterocycles. The lowest BCUT2D eigenvalue weighted by molar-refractivity contribution is -0.114. The molecule has 0 aliphatic carbocycles. The van der Waals surface area contributed by atoms with Crippen LogP contribution in [0.25, 0.3) is 22.3 Å². The zero-order valence-corrected chi connectivity index (χ0v) is 14.8. The Labute approximate surface area is 146 Å². The van der Waals surface area contributed by atoms with Crippen LogP contribution in [0.4, 0.5) is 5.69 Å². The van der Waals surface area contributed by atoms with Crippen LogP contribution in [0.1, 0.15) is 33.3 Å². The molecule has 25 heavy (non-hydrogen) atoms. The number of carbonyl (C=O) groups is 1. The zero-order valence-electron chi connectivity index (χ0n) is 14.8. The Balaban J connectivity index is 2.03. The van der Waals surface area contributed by atoms with Crippen LogP contribution in [-0.2, 0) is 10.2 Å². The first-order valence-corrected chi connectivity index (χ1v) is 8.20. The van der Waals surface area contributed by atoms with Crippen molar-refractivity contribution in [3.8, 4) is 11.3 Å². The summed E-state index contributed by atoms with van der Waals surface area (Å²) >= 11 is 0. The van der Waals surface area contributed by atoms with Gasteiger partial charge in [-0.1, -0.05) is 45.0 Å². The highest BCUT2D eigenvalue weighted by atomic mass is 16.3. The predicted octanol–water partition coefficient (Wildman–Crippen LogP) is 4.72. The van der Waals surface area contributed by atoms with Crippen LogP contribution >= 0.6 is 0 Å². The molecule has 3 aromatic rings. The van der Waals surface area contributed by atoms with Gasteiger partial charge in [0.1, 0.15) is 11.3 Å². The van der Waals surface area contributed by atoms with E-state index < -0.39 is 0 Å². The third kappa shape index (κ3) is 3.63. The van der Waals surface area contributed by atoms with Crippen LogP contribution in [0.15, 0.2) is 57.7 Å². The van der Waals surface area contributed by atoms with Crippen molar-refractivity contribution in [2.45, 2.75) is 33.1 Å². The molecule has 0 aliphatic heterocycles. The third-order valence-corrected chi connectivity index (χ3v) is 4.08. The van der Waals surface area contributed by atoms with Gasteiger partial charge >= 0.3 is 0 Å². The van der Waals surface area contributed by atoms with Gasteiger partial charge in [0, 0.05) is 24.2 Å². The Kier molecular flexibility index (Phi) is 4.21. The van der Waals surface area contributed by atoms with Crippen molar-refractivity contribution in [1.29, 1.82) is 0 Å². The van der Waals surface area contributed by atoms with Gasteiger partial charge in [-0.15, -0.1) is 0 Å². The van der Waals surface area contributed by atoms with Gasteiger partial charge in [-0.05, 0) is 29.2 Å². The van der Waals surface area contributed by atoms with E-state index in [2.05, 4.69) is 38.2 Å². The first-order chi connectivity index (χ1) is 11.7. The summed E-state index contributed by atoms with van der Waals surface area (Å²) in [4.78, 5) is 23.6. The maximum Gasteiger partial charge on any atom is 0.221 e. The van der Waals surface area contributed by atoms with E-state index in [1.54, 1.807) is 18.2 Å². The molecule has 0 spiro atoms. The molecule has 1 N–H and O–H groups in total. The fourth-order valence-electron chi connectivity index (χ4n) is 2.71. The summed E-state index contributed by atoms with van der Waals surface area (Å²) in [5, 5.41) is 3.12. The molecule has 0 radical (unpaired) electrons. The van der Waals surface area contributed by atoms with Gasteiger partial charge in [-0.25, -0.2) is 0 Å². The van der Waals surface area contributed by atoms with Crippen LogP contribution in [0.5, 0.6) is 0 Å². The van der Waals surface area contributed by atoms with Crippen LogP contribution in [0, 0.1) is 0 Å². The Morgan fingerprint density at radius 3 is 2.28 bits per heavy atom. The van der Waals surface area contributed by atoms with E-state index in [-0.39, 0.29) is 16.8 Å². The van der Waals surface area contributed by atoms with Crippen LogP contribution < -0.4 is 10.7 Å². The quantitative estimate of drug-likeness (QED) is 0.737. The maximum atomic E-state index is 12.5. The summed E-state index contributed by atoms with van der Waals surface area (Å²) in [6.45, 7) is 7.90. The lowest BCUT2D eigenvalue weighted by Crippen LogP contribution is -2.10. The highest BCUT2D eigenvalue weighted by Crippen LogP contribution is 2.27. The van der Waals surface area contributed by atoms with Crippen molar-refractivity contribution in [2.75, 3.05) is 5.32 Å². The van der Waals surface area contributed by atoms with E-state index >= 15 is 0 Å². The summed E-state index contributed by atoms with van der Waals surface area (Å²) in [5.74, 6) is 0.351. The monoisotopic (exact) mass is 335 g/mol. The summed E-state index contributed by atoms with van der Waals surface area (Å²) < 4.78 is 5.90. The molecule has 0 saturated heterocycles. The van der Waals surface area contributed by atoms with Crippen molar-refractivity contribution in [3.05, 3.63) is 64.3 Å². The highest BCUT2D eigenvalue weighted by molar-refractivity contribution is 5.92. The van der Waals surface area contributed by atoms with Gasteiger partial charge in [0.2, 0.25) is 5.91 Å². The smallest absolute Gasteiger partial charge is 0.221 e. The van der Waals surface area contributed by atoms with E-state index in [4.69, 9.17) is 4.42 Å². The topological polar surface area (TPSA) is 59.3 Å². The Morgan fingerprint density at radius 2 is 1.68 bits per heavy atom. The molecule has 4 heteroatoms. The zero-order chi connectivity index (χ0) is 18.2. The summed E-state index contributed by atoms with van der Waals surface area (Å²) in [6.07, 6.45) is 0. The molecular weight excluding hydrogens is 314 g/mol. The van der Waals surface area contributed by atoms with Crippen molar-refractivity contribution < 1.29 is 9.21 Å². The molecule has 1 amide bonds. The molecule has 3 rings (SSSR count). The molecule has 0 saturated carbocycles. The average molecular weight is 335 g/mol. The van der Waals surface area contributed by atoms with E-state index in [0.29, 0.717) is 22.4 Å². The van der Waals surface area contributed by atoms with E-state index in [1.807, 2.05) is 12.1 Å². The molecule has 1 aromatic heterocycles. The molecule has 4 nitrogen and oxygen atoms in total. The summed E-state index contributed by atoms with van der Waals surface area (Å²) in [5.41, 5.74) is 3.09. The number of hydrogen-bond acceptors (Lipinski definition) is 3. The average Bonchev–Trinajstić information content (AvgIpc) is 2.54. The standard InChI is InChI=1S/C21H21NO3/c1-13(23)22-16-9-10-19-17(11-16)18(24)12-20(25-19)14-5-7-15(8-6-14)21(2,3)4/h5-12H,1-4H3,(H,22,23). The van der Waals surface area contributed by atoms with Crippen molar-refractivity contribution >= 4 is 22.6 Å². The minimum atomic E-state index is -0.181. The second kappa shape index (κ2) is 6.20. The molecule has 0 unspecified atom stereocenters. The van der Waals surface area contributed by atoms with Gasteiger partial charge in [0.05, 0.1) is 5.39 Å². The number of rotatable bonds is 2. The summed E-state index contributed by atoms with van der Waals surface area (Å²) in [6, 6.07) is 14.6. The second-order valence-corrected chi connectivity index (χ2v) is 7.19. The SMILES string of the molecule is CC(=O)Nc1ccc2oc(-c3ccc(C(C)(C)C)cc3)cc(=O)c2c1. The van der Waals surface area contributed by atoms with Crippen molar-refractivity contribution in [2.24, 2.45) is 0 Å². The van der Waals surface area contributed by atoms with Crippen LogP contribution in [-0.4, -0.2) is 5.91 Å². The lowest BCUT2D eigenvalue weighted by Gasteiger charge is -2.19. The molecule has 0 atom stereocenters. The highest BCUT2D eigenvalue weighted by Gasteiger charge is 2.14. The first-order valence-electron chi connectivity index (χ1n) is 8.20. The predicted molar refractivity (Wildman–Crippen MR) is 101 cm³/mol. The van der Waals surface area contributed by atoms with Gasteiger partial charge in [-0.3, -0.25) is 9.59 Å². The Bertz CT molecular complexity index is 992. The van der Waals surface area contributed by atoms with E-state index in [1.165, 1.54) is 18.6 Å². The van der Waals surface area contributed by atoms with Gasteiger partial charge in [0.15, 0.2) is 5.43 Å². The number of carbonyl (C=O) groups excluding carboxylic acids is 1. The molecule has 0 bridgehead atoms. The second-order valence-electron chi connectivity index (χ2n) is 7.19. The lowest BCUT2D eigenvalue weighted by atomic mass is 9.86. The molecule has 128 valence electrons. The molecular formula is C21H21NO3. The maximum absolute atomic E-state index is 12.5. The third-order valence-electron chi connectivity index (χ3n) is 4.08. The molecule has 0 aliphatic rings. The van der Waals surface area contributed by atoms with Crippen molar-refractivity contribution in [3.63, 3.8) is 0 Å². The van der Waals surface area contributed by atoms with Crippen LogP contribution in [0.3, 0.4) is 0 Å². The van der Waals surface area contributed by atoms with E-state index in [9.17, 15) is 9.59 Å². The number of hydrogen-bond donors (Lipinski definition) is 1. The van der Waals surface area contributed by atoms with Gasteiger partial charge in [-0.2, -0.15) is 0 Å². The first kappa shape index (κ1) is 17.0. The molecule has 0 fully saturated rings. The minimum absolute atomic E-state index is 0.0723. The Hall–Kier alpha value is -2.88. The summed E-state index contributed by atoms with van der Waals surface area (Å²) in [7, 11) is 0. The normalized spacial score (nSPS) is 11.5. The Morgan fingerprint density at radius 1 is 1.00 bits per heavy atom.